The van der Waals surface area contributed by atoms with Gasteiger partial charge < -0.3 is 14.8 Å². The predicted molar refractivity (Wildman–Crippen MR) is 103 cm³/mol. The molecule has 1 amide bonds. The minimum atomic E-state index is -0.652. The fraction of sp³-hybridized carbons (Fsp3) is 0.571. The van der Waals surface area contributed by atoms with E-state index in [0.717, 1.165) is 31.2 Å². The zero-order chi connectivity index (χ0) is 20.1. The van der Waals surface area contributed by atoms with Crippen molar-refractivity contribution in [3.05, 3.63) is 35.9 Å². The third-order valence-corrected chi connectivity index (χ3v) is 4.22. The second-order valence-corrected chi connectivity index (χ2v) is 6.87. The number of unbranched alkanes of at least 4 members (excludes halogenated alkanes) is 3. The first kappa shape index (κ1) is 22.7. The van der Waals surface area contributed by atoms with Gasteiger partial charge >= 0.3 is 11.9 Å². The maximum absolute atomic E-state index is 12.3. The van der Waals surface area contributed by atoms with Gasteiger partial charge in [0.05, 0.1) is 7.11 Å². The zero-order valence-corrected chi connectivity index (χ0v) is 16.5. The van der Waals surface area contributed by atoms with E-state index in [1.54, 1.807) is 0 Å². The van der Waals surface area contributed by atoms with E-state index in [0.29, 0.717) is 12.8 Å². The molecule has 27 heavy (non-hydrogen) atoms. The summed E-state index contributed by atoms with van der Waals surface area (Å²) in [6.45, 7) is 3.95. The molecule has 1 rings (SSSR count). The predicted octanol–water partition coefficient (Wildman–Crippen LogP) is 3.38. The molecule has 150 valence electrons. The van der Waals surface area contributed by atoms with Crippen LogP contribution in [0.1, 0.15) is 57.9 Å². The Bertz CT molecular complexity index is 585. The molecule has 1 N–H and O–H groups in total. The second kappa shape index (κ2) is 12.9. The van der Waals surface area contributed by atoms with Crippen molar-refractivity contribution in [1.82, 2.24) is 5.32 Å². The topological polar surface area (TPSA) is 81.7 Å². The quantitative estimate of drug-likeness (QED) is 0.446. The van der Waals surface area contributed by atoms with E-state index in [2.05, 4.69) is 10.1 Å². The maximum Gasteiger partial charge on any atom is 0.329 e. The number of hydrogen-bond acceptors (Lipinski definition) is 5. The fourth-order valence-corrected chi connectivity index (χ4v) is 2.57. The summed E-state index contributed by atoms with van der Waals surface area (Å²) in [7, 11) is 1.38. The standard InChI is InChI=1S/C21H31NO5/c1-16(2)20(21(25)27-15-17-11-7-6-8-12-17)22-18(23)13-9-4-5-10-14-19(24)26-3/h6-8,11-12,16,20H,4-5,9-10,13-15H2,1-3H3,(H,22,23). The minimum absolute atomic E-state index is 0.0581. The molecule has 1 aromatic rings. The Morgan fingerprint density at radius 3 is 2.19 bits per heavy atom. The van der Waals surface area contributed by atoms with Gasteiger partial charge in [-0.15, -0.1) is 0 Å². The molecule has 0 aliphatic carbocycles. The molecule has 6 heteroatoms. The van der Waals surface area contributed by atoms with Crippen molar-refractivity contribution in [3.63, 3.8) is 0 Å². The number of rotatable bonds is 12. The molecule has 1 aromatic carbocycles. The highest BCUT2D eigenvalue weighted by Crippen LogP contribution is 2.10. The third kappa shape index (κ3) is 9.78. The average molecular weight is 377 g/mol. The lowest BCUT2D eigenvalue weighted by Crippen LogP contribution is -2.45. The van der Waals surface area contributed by atoms with E-state index in [-0.39, 0.29) is 24.4 Å². The molecule has 0 saturated heterocycles. The molecule has 0 radical (unpaired) electrons. The van der Waals surface area contributed by atoms with Crippen molar-refractivity contribution in [1.29, 1.82) is 0 Å². The zero-order valence-electron chi connectivity index (χ0n) is 16.5. The van der Waals surface area contributed by atoms with E-state index in [1.165, 1.54) is 7.11 Å². The molecule has 0 aliphatic rings. The van der Waals surface area contributed by atoms with E-state index < -0.39 is 12.0 Å². The number of carbonyl (C=O) groups is 3. The molecule has 0 spiro atoms. The van der Waals surface area contributed by atoms with Crippen LogP contribution in [0, 0.1) is 5.92 Å². The summed E-state index contributed by atoms with van der Waals surface area (Å²) in [4.78, 5) is 35.5. The van der Waals surface area contributed by atoms with Crippen molar-refractivity contribution in [2.75, 3.05) is 7.11 Å². The first-order valence-electron chi connectivity index (χ1n) is 9.50. The van der Waals surface area contributed by atoms with E-state index >= 15 is 0 Å². The van der Waals surface area contributed by atoms with Crippen molar-refractivity contribution >= 4 is 17.8 Å². The van der Waals surface area contributed by atoms with Crippen LogP contribution in [0.25, 0.3) is 0 Å². The van der Waals surface area contributed by atoms with Crippen LogP contribution in [-0.2, 0) is 30.5 Å². The Morgan fingerprint density at radius 2 is 1.59 bits per heavy atom. The number of hydrogen-bond donors (Lipinski definition) is 1. The fourth-order valence-electron chi connectivity index (χ4n) is 2.57. The first-order valence-corrected chi connectivity index (χ1v) is 9.50. The Morgan fingerprint density at radius 1 is 0.963 bits per heavy atom. The highest BCUT2D eigenvalue weighted by molar-refractivity contribution is 5.84. The lowest BCUT2D eigenvalue weighted by Gasteiger charge is -2.21. The van der Waals surface area contributed by atoms with Gasteiger partial charge in [0, 0.05) is 12.8 Å². The number of nitrogens with one attached hydrogen (secondary N) is 1. The summed E-state index contributed by atoms with van der Waals surface area (Å²) < 4.78 is 9.93. The van der Waals surface area contributed by atoms with Crippen LogP contribution >= 0.6 is 0 Å². The van der Waals surface area contributed by atoms with Crippen LogP contribution in [0.15, 0.2) is 30.3 Å². The molecular formula is C21H31NO5. The number of ether oxygens (including phenoxy) is 2. The van der Waals surface area contributed by atoms with Crippen molar-refractivity contribution in [3.8, 4) is 0 Å². The molecule has 0 bridgehead atoms. The van der Waals surface area contributed by atoms with Gasteiger partial charge in [0.2, 0.25) is 5.91 Å². The minimum Gasteiger partial charge on any atom is -0.469 e. The lowest BCUT2D eigenvalue weighted by atomic mass is 10.0. The van der Waals surface area contributed by atoms with E-state index in [9.17, 15) is 14.4 Å². The van der Waals surface area contributed by atoms with Gasteiger partial charge in [-0.3, -0.25) is 9.59 Å². The van der Waals surface area contributed by atoms with Crippen LogP contribution in [-0.4, -0.2) is 31.0 Å². The molecular weight excluding hydrogens is 346 g/mol. The SMILES string of the molecule is COC(=O)CCCCCCC(=O)NC(C(=O)OCc1ccccc1)C(C)C. The Balaban J connectivity index is 2.30. The summed E-state index contributed by atoms with van der Waals surface area (Å²) >= 11 is 0. The summed E-state index contributed by atoms with van der Waals surface area (Å²) in [5, 5.41) is 2.78. The Labute approximate surface area is 161 Å². The van der Waals surface area contributed by atoms with Gasteiger partial charge in [0.15, 0.2) is 0 Å². The summed E-state index contributed by atoms with van der Waals surface area (Å²) in [5.74, 6) is -0.836. The van der Waals surface area contributed by atoms with Gasteiger partial charge in [0.25, 0.3) is 0 Å². The normalized spacial score (nSPS) is 11.7. The van der Waals surface area contributed by atoms with Crippen molar-refractivity contribution in [2.24, 2.45) is 5.92 Å². The monoisotopic (exact) mass is 377 g/mol. The molecule has 0 fully saturated rings. The lowest BCUT2D eigenvalue weighted by molar-refractivity contribution is -0.150. The number of methoxy groups -OCH3 is 1. The van der Waals surface area contributed by atoms with Gasteiger partial charge in [0.1, 0.15) is 12.6 Å². The van der Waals surface area contributed by atoms with E-state index in [4.69, 9.17) is 4.74 Å². The number of benzene rings is 1. The molecule has 0 heterocycles. The van der Waals surface area contributed by atoms with Crippen LogP contribution in [0.3, 0.4) is 0 Å². The van der Waals surface area contributed by atoms with Gasteiger partial charge in [-0.25, -0.2) is 4.79 Å². The summed E-state index contributed by atoms with van der Waals surface area (Å²) in [6, 6.07) is 8.79. The van der Waals surface area contributed by atoms with Gasteiger partial charge in [-0.1, -0.05) is 57.0 Å². The maximum atomic E-state index is 12.3. The first-order chi connectivity index (χ1) is 12.9. The second-order valence-electron chi connectivity index (χ2n) is 6.87. The number of carbonyl (C=O) groups excluding carboxylic acids is 3. The Kier molecular flexibility index (Phi) is 10.8. The molecule has 6 nitrogen and oxygen atoms in total. The van der Waals surface area contributed by atoms with Gasteiger partial charge in [-0.2, -0.15) is 0 Å². The van der Waals surface area contributed by atoms with Gasteiger partial charge in [-0.05, 0) is 24.3 Å². The smallest absolute Gasteiger partial charge is 0.329 e. The summed E-state index contributed by atoms with van der Waals surface area (Å²) in [5.41, 5.74) is 0.909. The van der Waals surface area contributed by atoms with Crippen LogP contribution in [0.5, 0.6) is 0 Å². The highest BCUT2D eigenvalue weighted by atomic mass is 16.5. The molecule has 1 unspecified atom stereocenters. The molecule has 1 atom stereocenters. The molecule has 0 aliphatic heterocycles. The number of esters is 2. The summed E-state index contributed by atoms with van der Waals surface area (Å²) in [6.07, 6.45) is 3.97. The largest absolute Gasteiger partial charge is 0.469 e. The molecule has 0 saturated carbocycles. The number of amides is 1. The van der Waals surface area contributed by atoms with Crippen molar-refractivity contribution in [2.45, 2.75) is 65.0 Å². The third-order valence-electron chi connectivity index (χ3n) is 4.22. The van der Waals surface area contributed by atoms with E-state index in [1.807, 2.05) is 44.2 Å². The van der Waals surface area contributed by atoms with Crippen LogP contribution in [0.4, 0.5) is 0 Å². The van der Waals surface area contributed by atoms with Crippen LogP contribution in [0.2, 0.25) is 0 Å². The van der Waals surface area contributed by atoms with Crippen LogP contribution < -0.4 is 5.32 Å². The Hall–Kier alpha value is -2.37. The molecule has 0 aromatic heterocycles. The highest BCUT2D eigenvalue weighted by Gasteiger charge is 2.25. The van der Waals surface area contributed by atoms with Crippen molar-refractivity contribution < 1.29 is 23.9 Å². The average Bonchev–Trinajstić information content (AvgIpc) is 2.67.